The monoisotopic (exact) mass is 267 g/mol. The van der Waals surface area contributed by atoms with Gasteiger partial charge in [-0.3, -0.25) is 4.79 Å². The molecule has 0 bridgehead atoms. The highest BCUT2D eigenvalue weighted by Gasteiger charge is 2.37. The first kappa shape index (κ1) is 12.9. The average molecular weight is 267 g/mol. The van der Waals surface area contributed by atoms with Gasteiger partial charge < -0.3 is 10.0 Å². The molecule has 0 aliphatic carbocycles. The van der Waals surface area contributed by atoms with Gasteiger partial charge in [0.25, 0.3) is 0 Å². The fourth-order valence-electron chi connectivity index (χ4n) is 2.83. The molecule has 102 valence electrons. The molecule has 1 aliphatic rings. The molecule has 0 spiro atoms. The Morgan fingerprint density at radius 1 is 1.05 bits per heavy atom. The van der Waals surface area contributed by atoms with Crippen molar-refractivity contribution in [3.05, 3.63) is 65.7 Å². The summed E-state index contributed by atoms with van der Waals surface area (Å²) < 4.78 is 0. The normalized spacial score (nSPS) is 21.7. The van der Waals surface area contributed by atoms with Crippen molar-refractivity contribution in [3.8, 4) is 0 Å². The summed E-state index contributed by atoms with van der Waals surface area (Å²) in [5, 5.41) is 10.5. The van der Waals surface area contributed by atoms with Gasteiger partial charge in [0.05, 0.1) is 12.0 Å². The van der Waals surface area contributed by atoms with E-state index < -0.39 is 12.0 Å². The van der Waals surface area contributed by atoms with Gasteiger partial charge in [0.2, 0.25) is 5.91 Å². The van der Waals surface area contributed by atoms with Gasteiger partial charge in [-0.15, -0.1) is 0 Å². The van der Waals surface area contributed by atoms with Crippen molar-refractivity contribution in [1.82, 2.24) is 0 Å². The van der Waals surface area contributed by atoms with Crippen LogP contribution < -0.4 is 4.90 Å². The fraction of sp³-hybridized carbons (Fsp3) is 0.235. The number of hydrogen-bond donors (Lipinski definition) is 1. The zero-order valence-corrected chi connectivity index (χ0v) is 11.4. The number of hydrogen-bond acceptors (Lipinski definition) is 2. The van der Waals surface area contributed by atoms with Crippen LogP contribution in [0.25, 0.3) is 0 Å². The van der Waals surface area contributed by atoms with Gasteiger partial charge >= 0.3 is 0 Å². The molecule has 0 radical (unpaired) electrons. The fourth-order valence-corrected chi connectivity index (χ4v) is 2.83. The highest BCUT2D eigenvalue weighted by Crippen LogP contribution is 2.38. The highest BCUT2D eigenvalue weighted by atomic mass is 16.3. The van der Waals surface area contributed by atoms with E-state index in [2.05, 4.69) is 0 Å². The lowest BCUT2D eigenvalue weighted by Gasteiger charge is -2.35. The lowest BCUT2D eigenvalue weighted by atomic mass is 9.84. The molecule has 1 aliphatic heterocycles. The van der Waals surface area contributed by atoms with E-state index in [0.717, 1.165) is 16.8 Å². The molecule has 0 saturated carbocycles. The first-order valence-corrected chi connectivity index (χ1v) is 6.77. The summed E-state index contributed by atoms with van der Waals surface area (Å²) >= 11 is 0. The van der Waals surface area contributed by atoms with Crippen LogP contribution in [0.15, 0.2) is 54.6 Å². The molecule has 2 aromatic rings. The maximum Gasteiger partial charge on any atom is 0.233 e. The highest BCUT2D eigenvalue weighted by molar-refractivity contribution is 5.98. The van der Waals surface area contributed by atoms with Gasteiger partial charge in [-0.25, -0.2) is 0 Å². The van der Waals surface area contributed by atoms with E-state index in [9.17, 15) is 9.90 Å². The standard InChI is InChI=1S/C17H17NO2/c1-18-15-10-6-5-9-13(15)16(19)14(17(18)20)11-12-7-3-2-4-8-12/h2-10,14,16,19H,11H2,1H3. The van der Waals surface area contributed by atoms with Crippen LogP contribution in [0.3, 0.4) is 0 Å². The summed E-state index contributed by atoms with van der Waals surface area (Å²) in [4.78, 5) is 14.1. The molecule has 20 heavy (non-hydrogen) atoms. The lowest BCUT2D eigenvalue weighted by molar-refractivity contribution is -0.126. The van der Waals surface area contributed by atoms with E-state index in [1.54, 1.807) is 11.9 Å². The first-order chi connectivity index (χ1) is 9.68. The minimum atomic E-state index is -0.741. The topological polar surface area (TPSA) is 40.5 Å². The molecule has 0 saturated heterocycles. The Bertz CT molecular complexity index is 624. The van der Waals surface area contributed by atoms with Crippen LogP contribution in [-0.4, -0.2) is 18.1 Å². The van der Waals surface area contributed by atoms with Gasteiger partial charge in [-0.2, -0.15) is 0 Å². The van der Waals surface area contributed by atoms with E-state index >= 15 is 0 Å². The van der Waals surface area contributed by atoms with Gasteiger partial charge in [-0.1, -0.05) is 48.5 Å². The Kier molecular flexibility index (Phi) is 3.28. The van der Waals surface area contributed by atoms with Gasteiger partial charge in [-0.05, 0) is 18.1 Å². The molecule has 1 amide bonds. The number of amides is 1. The van der Waals surface area contributed by atoms with Crippen molar-refractivity contribution in [2.24, 2.45) is 5.92 Å². The molecule has 3 rings (SSSR count). The Morgan fingerprint density at radius 3 is 2.45 bits per heavy atom. The minimum Gasteiger partial charge on any atom is -0.387 e. The van der Waals surface area contributed by atoms with E-state index in [0.29, 0.717) is 6.42 Å². The van der Waals surface area contributed by atoms with Crippen molar-refractivity contribution in [1.29, 1.82) is 0 Å². The molecular weight excluding hydrogens is 250 g/mol. The number of benzene rings is 2. The van der Waals surface area contributed by atoms with Crippen LogP contribution in [0.5, 0.6) is 0 Å². The van der Waals surface area contributed by atoms with Crippen LogP contribution in [0, 0.1) is 5.92 Å². The van der Waals surface area contributed by atoms with Crippen molar-refractivity contribution in [2.45, 2.75) is 12.5 Å². The van der Waals surface area contributed by atoms with E-state index in [-0.39, 0.29) is 5.91 Å². The quantitative estimate of drug-likeness (QED) is 0.908. The Balaban J connectivity index is 1.95. The lowest BCUT2D eigenvalue weighted by Crippen LogP contribution is -2.42. The maximum atomic E-state index is 12.5. The van der Waals surface area contributed by atoms with Crippen LogP contribution in [0.2, 0.25) is 0 Å². The number of fused-ring (bicyclic) bond motifs is 1. The van der Waals surface area contributed by atoms with Crippen LogP contribution in [0.4, 0.5) is 5.69 Å². The van der Waals surface area contributed by atoms with Crippen molar-refractivity contribution in [3.63, 3.8) is 0 Å². The van der Waals surface area contributed by atoms with Crippen LogP contribution in [-0.2, 0) is 11.2 Å². The number of para-hydroxylation sites is 1. The SMILES string of the molecule is CN1C(=O)C(Cc2ccccc2)C(O)c2ccccc21. The Morgan fingerprint density at radius 2 is 1.70 bits per heavy atom. The number of aliphatic hydroxyl groups excluding tert-OH is 1. The number of aliphatic hydroxyl groups is 1. The summed E-state index contributed by atoms with van der Waals surface area (Å²) in [5.74, 6) is -0.447. The molecule has 0 fully saturated rings. The van der Waals surface area contributed by atoms with E-state index in [1.165, 1.54) is 0 Å². The number of carbonyl (C=O) groups excluding carboxylic acids is 1. The summed E-state index contributed by atoms with van der Waals surface area (Å²) in [7, 11) is 1.77. The average Bonchev–Trinajstić information content (AvgIpc) is 2.50. The van der Waals surface area contributed by atoms with Gasteiger partial charge in [0.1, 0.15) is 0 Å². The third-order valence-electron chi connectivity index (χ3n) is 3.94. The Labute approximate surface area is 118 Å². The molecule has 2 aromatic carbocycles. The third-order valence-corrected chi connectivity index (χ3v) is 3.94. The van der Waals surface area contributed by atoms with Crippen LogP contribution >= 0.6 is 0 Å². The molecular formula is C17H17NO2. The first-order valence-electron chi connectivity index (χ1n) is 6.77. The van der Waals surface area contributed by atoms with Gasteiger partial charge in [0, 0.05) is 18.3 Å². The maximum absolute atomic E-state index is 12.5. The summed E-state index contributed by atoms with van der Waals surface area (Å²) in [5.41, 5.74) is 2.70. The largest absolute Gasteiger partial charge is 0.387 e. The summed E-state index contributed by atoms with van der Waals surface area (Å²) in [6, 6.07) is 17.4. The second-order valence-electron chi connectivity index (χ2n) is 5.20. The number of rotatable bonds is 2. The predicted octanol–water partition coefficient (Wildman–Crippen LogP) is 2.56. The smallest absolute Gasteiger partial charge is 0.233 e. The molecule has 1 N–H and O–H groups in total. The summed E-state index contributed by atoms with van der Waals surface area (Å²) in [6.07, 6.45) is -0.186. The van der Waals surface area contributed by atoms with Gasteiger partial charge in [0.15, 0.2) is 0 Å². The van der Waals surface area contributed by atoms with Crippen molar-refractivity contribution in [2.75, 3.05) is 11.9 Å². The molecule has 0 aromatic heterocycles. The molecule has 2 unspecified atom stereocenters. The van der Waals surface area contributed by atoms with Crippen LogP contribution in [0.1, 0.15) is 17.2 Å². The third kappa shape index (κ3) is 2.10. The van der Waals surface area contributed by atoms with E-state index in [1.807, 2.05) is 54.6 Å². The molecule has 3 nitrogen and oxygen atoms in total. The molecule has 2 atom stereocenters. The number of carbonyl (C=O) groups is 1. The molecule has 3 heteroatoms. The zero-order valence-electron chi connectivity index (χ0n) is 11.4. The Hall–Kier alpha value is -2.13. The van der Waals surface area contributed by atoms with Crippen molar-refractivity contribution >= 4 is 11.6 Å². The second-order valence-corrected chi connectivity index (χ2v) is 5.20. The molecule has 1 heterocycles. The van der Waals surface area contributed by atoms with E-state index in [4.69, 9.17) is 0 Å². The minimum absolute atomic E-state index is 0.0277. The summed E-state index contributed by atoms with van der Waals surface area (Å²) in [6.45, 7) is 0. The zero-order chi connectivity index (χ0) is 14.1. The van der Waals surface area contributed by atoms with Crippen molar-refractivity contribution < 1.29 is 9.90 Å². The number of nitrogens with zero attached hydrogens (tertiary/aromatic N) is 1. The second kappa shape index (κ2) is 5.10. The predicted molar refractivity (Wildman–Crippen MR) is 78.4 cm³/mol. The number of anilines is 1.